The van der Waals surface area contributed by atoms with Crippen LogP contribution in [-0.4, -0.2) is 29.4 Å². The van der Waals surface area contributed by atoms with Gasteiger partial charge in [-0.3, -0.25) is 0 Å². The minimum absolute atomic E-state index is 0.147. The van der Waals surface area contributed by atoms with Crippen LogP contribution in [0, 0.1) is 11.6 Å². The highest BCUT2D eigenvalue weighted by Crippen LogP contribution is 2.31. The number of benzene rings is 1. The molecule has 132 valence electrons. The molecule has 0 radical (unpaired) electrons. The Labute approximate surface area is 148 Å². The van der Waals surface area contributed by atoms with Crippen LogP contribution >= 0.6 is 0 Å². The summed E-state index contributed by atoms with van der Waals surface area (Å²) >= 11 is 0. The summed E-state index contributed by atoms with van der Waals surface area (Å²) < 4.78 is 31.0. The predicted molar refractivity (Wildman–Crippen MR) is 92.4 cm³/mol. The van der Waals surface area contributed by atoms with Crippen molar-refractivity contribution in [3.05, 3.63) is 54.1 Å². The van der Waals surface area contributed by atoms with E-state index in [1.807, 2.05) is 13.8 Å². The Balaban J connectivity index is 1.93. The van der Waals surface area contributed by atoms with Crippen LogP contribution < -0.4 is 0 Å². The number of aromatic nitrogens is 6. The van der Waals surface area contributed by atoms with Crippen molar-refractivity contribution in [2.45, 2.75) is 19.8 Å². The number of halogens is 2. The lowest BCUT2D eigenvalue weighted by Crippen LogP contribution is -2.04. The molecule has 0 aliphatic rings. The Bertz CT molecular complexity index is 1110. The van der Waals surface area contributed by atoms with Gasteiger partial charge < -0.3 is 4.57 Å². The molecule has 8 heteroatoms. The molecule has 0 amide bonds. The molecule has 0 fully saturated rings. The van der Waals surface area contributed by atoms with E-state index in [0.717, 1.165) is 11.9 Å². The molecule has 4 aromatic rings. The van der Waals surface area contributed by atoms with E-state index in [4.69, 9.17) is 0 Å². The Morgan fingerprint density at radius 1 is 1.04 bits per heavy atom. The Morgan fingerprint density at radius 3 is 2.58 bits per heavy atom. The Morgan fingerprint density at radius 2 is 1.85 bits per heavy atom. The molecule has 0 spiro atoms. The molecule has 6 nitrogen and oxygen atoms in total. The number of nitrogens with zero attached hydrogens (tertiary/aromatic N) is 6. The van der Waals surface area contributed by atoms with E-state index >= 15 is 0 Å². The molecule has 0 unspecified atom stereocenters. The van der Waals surface area contributed by atoms with Crippen molar-refractivity contribution in [3.63, 3.8) is 0 Å². The monoisotopic (exact) mass is 354 g/mol. The molecule has 0 aliphatic heterocycles. The van der Waals surface area contributed by atoms with Crippen molar-refractivity contribution < 1.29 is 8.78 Å². The van der Waals surface area contributed by atoms with Gasteiger partial charge in [-0.05, 0) is 24.3 Å². The molecule has 26 heavy (non-hydrogen) atoms. The highest BCUT2D eigenvalue weighted by molar-refractivity contribution is 5.77. The maximum atomic E-state index is 14.3. The van der Waals surface area contributed by atoms with Crippen LogP contribution in [0.15, 0.2) is 36.7 Å². The molecule has 0 N–H and O–H groups in total. The highest BCUT2D eigenvalue weighted by atomic mass is 19.1. The second-order valence-corrected chi connectivity index (χ2v) is 6.38. The van der Waals surface area contributed by atoms with Crippen LogP contribution in [0.3, 0.4) is 0 Å². The third kappa shape index (κ3) is 2.54. The smallest absolute Gasteiger partial charge is 0.177 e. The Kier molecular flexibility index (Phi) is 3.75. The van der Waals surface area contributed by atoms with Crippen LogP contribution in [0.4, 0.5) is 8.78 Å². The maximum Gasteiger partial charge on any atom is 0.177 e. The largest absolute Gasteiger partial charge is 0.332 e. The first-order valence-electron chi connectivity index (χ1n) is 8.15. The fourth-order valence-corrected chi connectivity index (χ4v) is 2.90. The molecule has 4 rings (SSSR count). The lowest BCUT2D eigenvalue weighted by molar-refractivity contribution is 0.585. The van der Waals surface area contributed by atoms with E-state index in [9.17, 15) is 8.78 Å². The van der Waals surface area contributed by atoms with Gasteiger partial charge in [-0.2, -0.15) is 9.61 Å². The fraction of sp³-hybridized carbons (Fsp3) is 0.222. The third-order valence-electron chi connectivity index (χ3n) is 4.17. The van der Waals surface area contributed by atoms with Crippen LogP contribution in [-0.2, 0) is 7.05 Å². The zero-order chi connectivity index (χ0) is 18.4. The molecule has 0 aliphatic carbocycles. The molecule has 0 bridgehead atoms. The van der Waals surface area contributed by atoms with Crippen LogP contribution in [0.2, 0.25) is 0 Å². The molecule has 0 saturated carbocycles. The SMILES string of the molecule is CC(C)c1nnc2ccc(-c3c(-c4ccc(F)cc4F)ncn3C)nn12. The van der Waals surface area contributed by atoms with Gasteiger partial charge in [0.25, 0.3) is 0 Å². The highest BCUT2D eigenvalue weighted by Gasteiger charge is 2.19. The van der Waals surface area contributed by atoms with E-state index in [-0.39, 0.29) is 11.5 Å². The van der Waals surface area contributed by atoms with Crippen LogP contribution in [0.25, 0.3) is 28.3 Å². The van der Waals surface area contributed by atoms with Gasteiger partial charge in [-0.15, -0.1) is 10.2 Å². The van der Waals surface area contributed by atoms with Crippen molar-refractivity contribution in [1.29, 1.82) is 0 Å². The number of aryl methyl sites for hydroxylation is 1. The summed E-state index contributed by atoms with van der Waals surface area (Å²) in [5, 5.41) is 12.9. The van der Waals surface area contributed by atoms with Gasteiger partial charge >= 0.3 is 0 Å². The number of fused-ring (bicyclic) bond motifs is 1. The van der Waals surface area contributed by atoms with Gasteiger partial charge in [0.15, 0.2) is 11.5 Å². The van der Waals surface area contributed by atoms with Gasteiger partial charge in [-0.1, -0.05) is 13.8 Å². The summed E-state index contributed by atoms with van der Waals surface area (Å²) in [6.45, 7) is 4.02. The predicted octanol–water partition coefficient (Wildman–Crippen LogP) is 3.59. The minimum Gasteiger partial charge on any atom is -0.332 e. The van der Waals surface area contributed by atoms with Crippen molar-refractivity contribution in [3.8, 4) is 22.6 Å². The summed E-state index contributed by atoms with van der Waals surface area (Å²) in [5.74, 6) is -0.417. The molecule has 3 aromatic heterocycles. The molecule has 0 saturated heterocycles. The second kappa shape index (κ2) is 5.98. The summed E-state index contributed by atoms with van der Waals surface area (Å²) in [7, 11) is 1.80. The zero-order valence-corrected chi connectivity index (χ0v) is 14.5. The summed E-state index contributed by atoms with van der Waals surface area (Å²) in [4.78, 5) is 4.30. The first kappa shape index (κ1) is 16.3. The topological polar surface area (TPSA) is 60.9 Å². The van der Waals surface area contributed by atoms with Gasteiger partial charge in [0.2, 0.25) is 0 Å². The number of hydrogen-bond acceptors (Lipinski definition) is 4. The van der Waals surface area contributed by atoms with E-state index < -0.39 is 11.6 Å². The number of hydrogen-bond donors (Lipinski definition) is 0. The van der Waals surface area contributed by atoms with Crippen molar-refractivity contribution in [2.75, 3.05) is 0 Å². The first-order chi connectivity index (χ1) is 12.5. The van der Waals surface area contributed by atoms with Gasteiger partial charge in [0.1, 0.15) is 23.0 Å². The normalized spacial score (nSPS) is 11.6. The van der Waals surface area contributed by atoms with E-state index in [1.54, 1.807) is 34.6 Å². The van der Waals surface area contributed by atoms with Gasteiger partial charge in [-0.25, -0.2) is 13.8 Å². The lowest BCUT2D eigenvalue weighted by atomic mass is 10.1. The Hall–Kier alpha value is -3.16. The first-order valence-corrected chi connectivity index (χ1v) is 8.15. The van der Waals surface area contributed by atoms with Crippen LogP contribution in [0.5, 0.6) is 0 Å². The van der Waals surface area contributed by atoms with E-state index in [1.165, 1.54) is 12.1 Å². The lowest BCUT2D eigenvalue weighted by Gasteiger charge is -2.08. The van der Waals surface area contributed by atoms with Crippen molar-refractivity contribution >= 4 is 5.65 Å². The minimum atomic E-state index is -0.668. The fourth-order valence-electron chi connectivity index (χ4n) is 2.90. The average Bonchev–Trinajstić information content (AvgIpc) is 3.18. The molecular weight excluding hydrogens is 338 g/mol. The quantitative estimate of drug-likeness (QED) is 0.564. The number of imidazole rings is 1. The van der Waals surface area contributed by atoms with Gasteiger partial charge in [0, 0.05) is 24.6 Å². The standard InChI is InChI=1S/C18H16F2N6/c1-10(2)18-23-22-15-7-6-14(24-26(15)18)17-16(21-9-25(17)3)12-5-4-11(19)8-13(12)20/h4-10H,1-3H3. The number of rotatable bonds is 3. The molecule has 3 heterocycles. The van der Waals surface area contributed by atoms with E-state index in [0.29, 0.717) is 22.7 Å². The summed E-state index contributed by atoms with van der Waals surface area (Å²) in [6, 6.07) is 7.04. The molecular formula is C18H16F2N6. The van der Waals surface area contributed by atoms with Crippen molar-refractivity contribution in [1.82, 2.24) is 29.4 Å². The second-order valence-electron chi connectivity index (χ2n) is 6.38. The van der Waals surface area contributed by atoms with Crippen LogP contribution in [0.1, 0.15) is 25.6 Å². The zero-order valence-electron chi connectivity index (χ0n) is 14.5. The van der Waals surface area contributed by atoms with Crippen molar-refractivity contribution in [2.24, 2.45) is 7.05 Å². The molecule has 1 aromatic carbocycles. The average molecular weight is 354 g/mol. The summed E-state index contributed by atoms with van der Waals surface area (Å²) in [6.07, 6.45) is 1.58. The molecule has 0 atom stereocenters. The summed E-state index contributed by atoms with van der Waals surface area (Å²) in [5.41, 5.74) is 2.47. The van der Waals surface area contributed by atoms with Gasteiger partial charge in [0.05, 0.1) is 12.0 Å². The third-order valence-corrected chi connectivity index (χ3v) is 4.17. The maximum absolute atomic E-state index is 14.3. The van der Waals surface area contributed by atoms with E-state index in [2.05, 4.69) is 20.3 Å².